The number of halogens is 1. The molecule has 0 heterocycles. The molecule has 0 fully saturated rings. The Bertz CT molecular complexity index is 354. The molecule has 0 N–H and O–H groups in total. The molecule has 1 heteroatoms. The fourth-order valence-corrected chi connectivity index (χ4v) is 2.91. The van der Waals surface area contributed by atoms with Gasteiger partial charge in [0, 0.05) is 0 Å². The van der Waals surface area contributed by atoms with Crippen LogP contribution >= 0.6 is 11.6 Å². The fourth-order valence-electron chi connectivity index (χ4n) is 2.56. The predicted molar refractivity (Wildman–Crippen MR) is 71.1 cm³/mol. The van der Waals surface area contributed by atoms with Crippen molar-refractivity contribution in [3.05, 3.63) is 34.9 Å². The summed E-state index contributed by atoms with van der Waals surface area (Å²) in [6, 6.07) is 6.93. The number of hydrogen-bond donors (Lipinski definition) is 0. The van der Waals surface area contributed by atoms with Gasteiger partial charge < -0.3 is 0 Å². The molecule has 0 spiro atoms. The topological polar surface area (TPSA) is 0 Å². The van der Waals surface area contributed by atoms with Crippen molar-refractivity contribution in [1.82, 2.24) is 0 Å². The Morgan fingerprint density at radius 1 is 1.31 bits per heavy atom. The van der Waals surface area contributed by atoms with Crippen LogP contribution in [0.25, 0.3) is 0 Å². The van der Waals surface area contributed by atoms with Crippen LogP contribution in [-0.2, 0) is 12.8 Å². The predicted octanol–water partition coefficient (Wildman–Crippen LogP) is 4.89. The summed E-state index contributed by atoms with van der Waals surface area (Å²) in [6.45, 7) is 4.54. The third-order valence-corrected chi connectivity index (χ3v) is 3.80. The molecule has 1 aliphatic rings. The van der Waals surface area contributed by atoms with Gasteiger partial charge in [-0.05, 0) is 48.3 Å². The second-order valence-electron chi connectivity index (χ2n) is 5.34. The summed E-state index contributed by atoms with van der Waals surface area (Å²) < 4.78 is 0. The van der Waals surface area contributed by atoms with Crippen molar-refractivity contribution >= 4 is 11.6 Å². The summed E-state index contributed by atoms with van der Waals surface area (Å²) in [5.74, 6) is 0.720. The Morgan fingerprint density at radius 2 is 2.12 bits per heavy atom. The lowest BCUT2D eigenvalue weighted by Crippen LogP contribution is -1.99. The maximum atomic E-state index is 6.46. The molecular weight excluding hydrogens is 216 g/mol. The summed E-state index contributed by atoms with van der Waals surface area (Å²) in [5, 5.41) is 0.240. The molecule has 0 saturated carbocycles. The van der Waals surface area contributed by atoms with Gasteiger partial charge in [-0.3, -0.25) is 0 Å². The van der Waals surface area contributed by atoms with Gasteiger partial charge in [0.1, 0.15) is 0 Å². The van der Waals surface area contributed by atoms with Crippen LogP contribution in [0, 0.1) is 5.92 Å². The molecule has 1 unspecified atom stereocenters. The van der Waals surface area contributed by atoms with Crippen molar-refractivity contribution < 1.29 is 0 Å². The average molecular weight is 237 g/mol. The quantitative estimate of drug-likeness (QED) is 0.507. The monoisotopic (exact) mass is 236 g/mol. The Labute approximate surface area is 104 Å². The van der Waals surface area contributed by atoms with Crippen LogP contribution in [0.5, 0.6) is 0 Å². The number of benzene rings is 1. The van der Waals surface area contributed by atoms with E-state index in [1.54, 1.807) is 0 Å². The average Bonchev–Trinajstić information content (AvgIpc) is 2.41. The first-order valence-corrected chi connectivity index (χ1v) is 6.86. The van der Waals surface area contributed by atoms with E-state index in [-0.39, 0.29) is 5.38 Å². The van der Waals surface area contributed by atoms with Gasteiger partial charge in [-0.25, -0.2) is 0 Å². The lowest BCUT2D eigenvalue weighted by molar-refractivity contribution is 0.646. The van der Waals surface area contributed by atoms with E-state index in [0.29, 0.717) is 0 Å². The smallest absolute Gasteiger partial charge is 0.0588 e. The largest absolute Gasteiger partial charge is 0.118 e. The first-order chi connectivity index (χ1) is 7.66. The van der Waals surface area contributed by atoms with Gasteiger partial charge in [0.25, 0.3) is 0 Å². The van der Waals surface area contributed by atoms with Gasteiger partial charge in [0.05, 0.1) is 5.38 Å². The minimum Gasteiger partial charge on any atom is -0.118 e. The molecule has 0 aromatic heterocycles. The van der Waals surface area contributed by atoms with Crippen LogP contribution in [0.4, 0.5) is 0 Å². The Kier molecular flexibility index (Phi) is 3.91. The molecule has 1 atom stereocenters. The van der Waals surface area contributed by atoms with Gasteiger partial charge in [0.2, 0.25) is 0 Å². The lowest BCUT2D eigenvalue weighted by Gasteiger charge is -2.13. The Balaban J connectivity index is 2.28. The summed E-state index contributed by atoms with van der Waals surface area (Å²) in [7, 11) is 0. The number of fused-ring (bicyclic) bond motifs is 1. The van der Waals surface area contributed by atoms with Crippen molar-refractivity contribution in [2.75, 3.05) is 0 Å². The third kappa shape index (κ3) is 2.79. The minimum absolute atomic E-state index is 0.240. The normalized spacial score (nSPS) is 20.6. The number of alkyl halides is 1. The Morgan fingerprint density at radius 3 is 2.88 bits per heavy atom. The molecule has 16 heavy (non-hydrogen) atoms. The SMILES string of the molecule is CC(C)Cc1ccc2c(c1)C(Cl)CCCC2. The van der Waals surface area contributed by atoms with E-state index >= 15 is 0 Å². The zero-order valence-corrected chi connectivity index (χ0v) is 11.1. The summed E-state index contributed by atoms with van der Waals surface area (Å²) in [6.07, 6.45) is 6.07. The molecule has 1 aliphatic carbocycles. The fraction of sp³-hybridized carbons (Fsp3) is 0.600. The highest BCUT2D eigenvalue weighted by molar-refractivity contribution is 6.20. The molecule has 0 amide bonds. The van der Waals surface area contributed by atoms with E-state index in [1.807, 2.05) is 0 Å². The van der Waals surface area contributed by atoms with Gasteiger partial charge in [-0.2, -0.15) is 0 Å². The van der Waals surface area contributed by atoms with Crippen LogP contribution in [0.2, 0.25) is 0 Å². The highest BCUT2D eigenvalue weighted by Gasteiger charge is 2.16. The third-order valence-electron chi connectivity index (χ3n) is 3.35. The molecule has 88 valence electrons. The highest BCUT2D eigenvalue weighted by atomic mass is 35.5. The minimum atomic E-state index is 0.240. The van der Waals surface area contributed by atoms with E-state index in [9.17, 15) is 0 Å². The number of aryl methyl sites for hydroxylation is 1. The van der Waals surface area contributed by atoms with Crippen LogP contribution in [0.3, 0.4) is 0 Å². The highest BCUT2D eigenvalue weighted by Crippen LogP contribution is 2.34. The Hall–Kier alpha value is -0.490. The van der Waals surface area contributed by atoms with Gasteiger partial charge in [0.15, 0.2) is 0 Å². The molecule has 1 aromatic carbocycles. The van der Waals surface area contributed by atoms with E-state index in [1.165, 1.54) is 36.0 Å². The molecule has 2 rings (SSSR count). The molecule has 0 nitrogen and oxygen atoms in total. The van der Waals surface area contributed by atoms with Gasteiger partial charge in [-0.1, -0.05) is 38.5 Å². The molecule has 0 saturated heterocycles. The van der Waals surface area contributed by atoms with Gasteiger partial charge in [-0.15, -0.1) is 11.6 Å². The maximum Gasteiger partial charge on any atom is 0.0588 e. The first-order valence-electron chi connectivity index (χ1n) is 6.42. The van der Waals surface area contributed by atoms with Crippen LogP contribution in [0.1, 0.15) is 55.2 Å². The van der Waals surface area contributed by atoms with Gasteiger partial charge >= 0.3 is 0 Å². The second-order valence-corrected chi connectivity index (χ2v) is 5.87. The van der Waals surface area contributed by atoms with Crippen molar-refractivity contribution in [3.63, 3.8) is 0 Å². The van der Waals surface area contributed by atoms with E-state index < -0.39 is 0 Å². The van der Waals surface area contributed by atoms with Crippen LogP contribution in [-0.4, -0.2) is 0 Å². The van der Waals surface area contributed by atoms with Crippen LogP contribution in [0.15, 0.2) is 18.2 Å². The number of hydrogen-bond acceptors (Lipinski definition) is 0. The van der Waals surface area contributed by atoms with E-state index in [0.717, 1.165) is 18.8 Å². The van der Waals surface area contributed by atoms with E-state index in [4.69, 9.17) is 11.6 Å². The van der Waals surface area contributed by atoms with Crippen molar-refractivity contribution in [2.24, 2.45) is 5.92 Å². The van der Waals surface area contributed by atoms with Crippen LogP contribution < -0.4 is 0 Å². The summed E-state index contributed by atoms with van der Waals surface area (Å²) in [5.41, 5.74) is 4.32. The first kappa shape index (κ1) is 12.0. The zero-order valence-electron chi connectivity index (χ0n) is 10.3. The second kappa shape index (κ2) is 5.23. The standard InChI is InChI=1S/C15H21Cl/c1-11(2)9-12-7-8-13-5-3-4-6-15(16)14(13)10-12/h7-8,10-11,15H,3-6,9H2,1-2H3. The van der Waals surface area contributed by atoms with Crippen molar-refractivity contribution in [2.45, 2.75) is 51.3 Å². The number of rotatable bonds is 2. The molecule has 1 aromatic rings. The van der Waals surface area contributed by atoms with Crippen molar-refractivity contribution in [3.8, 4) is 0 Å². The molecule has 0 radical (unpaired) electrons. The molecular formula is C15H21Cl. The zero-order chi connectivity index (χ0) is 11.5. The maximum absolute atomic E-state index is 6.46. The lowest BCUT2D eigenvalue weighted by atomic mass is 9.95. The summed E-state index contributed by atoms with van der Waals surface area (Å²) in [4.78, 5) is 0. The molecule has 0 bridgehead atoms. The summed E-state index contributed by atoms with van der Waals surface area (Å²) >= 11 is 6.46. The molecule has 0 aliphatic heterocycles. The van der Waals surface area contributed by atoms with Crippen molar-refractivity contribution in [1.29, 1.82) is 0 Å². The van der Waals surface area contributed by atoms with E-state index in [2.05, 4.69) is 32.0 Å².